The van der Waals surface area contributed by atoms with Crippen LogP contribution in [0.25, 0.3) is 0 Å². The van der Waals surface area contributed by atoms with Gasteiger partial charge in [-0.05, 0) is 44.8 Å². The third kappa shape index (κ3) is 6.17. The van der Waals surface area contributed by atoms with Gasteiger partial charge >= 0.3 is 0 Å². The Hall–Kier alpha value is -2.19. The maximum absolute atomic E-state index is 13.0. The summed E-state index contributed by atoms with van der Waals surface area (Å²) in [6.45, 7) is 1.86. The lowest BCUT2D eigenvalue weighted by molar-refractivity contribution is 0.0782. The fourth-order valence-electron chi connectivity index (χ4n) is 3.50. The standard InChI is InChI=1S/C22H29N3O4.2ClH/c1-24(2)17-9-10-25(14-17)22(26)15-6-8-19(27-3)21(11-15)29-18-7-5-16(13-23)20(12-18)28-4;;/h5-8,11-12,17H,9-10,13-14,23H2,1-4H3;2*1H. The molecule has 0 radical (unpaired) electrons. The van der Waals surface area contributed by atoms with Crippen molar-refractivity contribution in [1.82, 2.24) is 9.80 Å². The van der Waals surface area contributed by atoms with E-state index in [1.807, 2.05) is 31.1 Å². The van der Waals surface area contributed by atoms with Crippen molar-refractivity contribution in [1.29, 1.82) is 0 Å². The molecule has 2 N–H and O–H groups in total. The van der Waals surface area contributed by atoms with Crippen LogP contribution >= 0.6 is 24.8 Å². The minimum absolute atomic E-state index is 0. The third-order valence-corrected chi connectivity index (χ3v) is 5.30. The van der Waals surface area contributed by atoms with E-state index in [2.05, 4.69) is 4.90 Å². The number of likely N-dealkylation sites (N-methyl/N-ethyl adjacent to an activating group) is 1. The monoisotopic (exact) mass is 471 g/mol. The smallest absolute Gasteiger partial charge is 0.254 e. The number of hydrogen-bond acceptors (Lipinski definition) is 6. The summed E-state index contributed by atoms with van der Waals surface area (Å²) < 4.78 is 16.8. The zero-order valence-electron chi connectivity index (χ0n) is 18.3. The van der Waals surface area contributed by atoms with E-state index in [-0.39, 0.29) is 30.7 Å². The molecule has 1 fully saturated rings. The van der Waals surface area contributed by atoms with E-state index in [0.29, 0.717) is 41.1 Å². The molecule has 0 saturated carbocycles. The Labute approximate surface area is 196 Å². The van der Waals surface area contributed by atoms with Gasteiger partial charge in [0.1, 0.15) is 11.5 Å². The first kappa shape index (κ1) is 26.8. The van der Waals surface area contributed by atoms with Gasteiger partial charge in [-0.1, -0.05) is 6.07 Å². The number of rotatable bonds is 7. The van der Waals surface area contributed by atoms with Crippen LogP contribution in [0.3, 0.4) is 0 Å². The number of likely N-dealkylation sites (tertiary alicyclic amines) is 1. The highest BCUT2D eigenvalue weighted by molar-refractivity contribution is 5.95. The number of benzene rings is 2. The minimum Gasteiger partial charge on any atom is -0.496 e. The highest BCUT2D eigenvalue weighted by Crippen LogP contribution is 2.35. The highest BCUT2D eigenvalue weighted by atomic mass is 35.5. The van der Waals surface area contributed by atoms with Crippen molar-refractivity contribution in [2.45, 2.75) is 19.0 Å². The second-order valence-corrected chi connectivity index (χ2v) is 7.30. The first-order valence-electron chi connectivity index (χ1n) is 9.65. The number of halogens is 2. The molecule has 1 unspecified atom stereocenters. The van der Waals surface area contributed by atoms with Crippen molar-refractivity contribution in [2.75, 3.05) is 41.4 Å². The van der Waals surface area contributed by atoms with Crippen LogP contribution in [0.4, 0.5) is 0 Å². The second kappa shape index (κ2) is 12.0. The molecule has 31 heavy (non-hydrogen) atoms. The van der Waals surface area contributed by atoms with Crippen molar-refractivity contribution in [3.63, 3.8) is 0 Å². The van der Waals surface area contributed by atoms with Crippen LogP contribution in [0.5, 0.6) is 23.0 Å². The Balaban J connectivity index is 0.00000240. The van der Waals surface area contributed by atoms with E-state index in [1.54, 1.807) is 38.5 Å². The molecule has 0 spiro atoms. The Morgan fingerprint density at radius 1 is 1.06 bits per heavy atom. The molecule has 1 atom stereocenters. The Kier molecular flexibility index (Phi) is 10.4. The van der Waals surface area contributed by atoms with Crippen LogP contribution in [0.2, 0.25) is 0 Å². The first-order chi connectivity index (χ1) is 14.0. The van der Waals surface area contributed by atoms with E-state index in [1.165, 1.54) is 0 Å². The van der Waals surface area contributed by atoms with Crippen LogP contribution in [0, 0.1) is 0 Å². The van der Waals surface area contributed by atoms with Gasteiger partial charge in [0.05, 0.1) is 14.2 Å². The molecule has 172 valence electrons. The van der Waals surface area contributed by atoms with Crippen molar-refractivity contribution >= 4 is 30.7 Å². The van der Waals surface area contributed by atoms with Gasteiger partial charge in [-0.15, -0.1) is 24.8 Å². The lowest BCUT2D eigenvalue weighted by Gasteiger charge is -2.21. The number of nitrogens with two attached hydrogens (primary N) is 1. The SMILES string of the molecule is COc1cc(Oc2cc(C(=O)N3CCC(N(C)C)C3)ccc2OC)ccc1CN.Cl.Cl. The van der Waals surface area contributed by atoms with Crippen LogP contribution in [-0.4, -0.2) is 63.2 Å². The second-order valence-electron chi connectivity index (χ2n) is 7.30. The Morgan fingerprint density at radius 3 is 2.35 bits per heavy atom. The van der Waals surface area contributed by atoms with E-state index in [0.717, 1.165) is 25.1 Å². The third-order valence-electron chi connectivity index (χ3n) is 5.30. The molecule has 1 aliphatic rings. The van der Waals surface area contributed by atoms with Crippen molar-refractivity contribution in [3.8, 4) is 23.0 Å². The first-order valence-corrected chi connectivity index (χ1v) is 9.65. The van der Waals surface area contributed by atoms with Crippen LogP contribution < -0.4 is 19.9 Å². The molecule has 1 saturated heterocycles. The Morgan fingerprint density at radius 2 is 1.77 bits per heavy atom. The van der Waals surface area contributed by atoms with E-state index in [9.17, 15) is 4.79 Å². The van der Waals surface area contributed by atoms with Gasteiger partial charge < -0.3 is 29.7 Å². The topological polar surface area (TPSA) is 77.3 Å². The molecule has 2 aromatic carbocycles. The molecule has 1 aliphatic heterocycles. The molecular weight excluding hydrogens is 441 g/mol. The summed E-state index contributed by atoms with van der Waals surface area (Å²) in [7, 11) is 7.25. The zero-order valence-corrected chi connectivity index (χ0v) is 19.9. The lowest BCUT2D eigenvalue weighted by Crippen LogP contribution is -2.34. The normalized spacial score (nSPS) is 15.2. The van der Waals surface area contributed by atoms with Crippen molar-refractivity contribution in [3.05, 3.63) is 47.5 Å². The lowest BCUT2D eigenvalue weighted by atomic mass is 10.1. The average molecular weight is 472 g/mol. The van der Waals surface area contributed by atoms with Gasteiger partial charge in [0.25, 0.3) is 5.91 Å². The predicted octanol–water partition coefficient (Wildman–Crippen LogP) is 3.57. The Bertz CT molecular complexity index is 880. The predicted molar refractivity (Wildman–Crippen MR) is 126 cm³/mol. The van der Waals surface area contributed by atoms with Gasteiger partial charge in [0.2, 0.25) is 0 Å². The molecule has 1 heterocycles. The summed E-state index contributed by atoms with van der Waals surface area (Å²) in [5, 5.41) is 0. The fourth-order valence-corrected chi connectivity index (χ4v) is 3.50. The largest absolute Gasteiger partial charge is 0.496 e. The number of carbonyl (C=O) groups is 1. The molecule has 3 rings (SSSR count). The van der Waals surface area contributed by atoms with Crippen LogP contribution in [0.1, 0.15) is 22.3 Å². The molecule has 2 aromatic rings. The quantitative estimate of drug-likeness (QED) is 0.664. The van der Waals surface area contributed by atoms with Gasteiger partial charge in [0.15, 0.2) is 11.5 Å². The average Bonchev–Trinajstić information content (AvgIpc) is 3.23. The van der Waals surface area contributed by atoms with E-state index >= 15 is 0 Å². The highest BCUT2D eigenvalue weighted by Gasteiger charge is 2.28. The maximum Gasteiger partial charge on any atom is 0.254 e. The molecule has 0 aromatic heterocycles. The number of ether oxygens (including phenoxy) is 3. The molecular formula is C22H31Cl2N3O4. The van der Waals surface area contributed by atoms with Gasteiger partial charge in [0, 0.05) is 42.9 Å². The molecule has 7 nitrogen and oxygen atoms in total. The summed E-state index contributed by atoms with van der Waals surface area (Å²) in [5.41, 5.74) is 7.19. The number of amides is 1. The number of nitrogens with zero attached hydrogens (tertiary/aromatic N) is 2. The van der Waals surface area contributed by atoms with Gasteiger partial charge in [-0.25, -0.2) is 0 Å². The minimum atomic E-state index is -0.00193. The van der Waals surface area contributed by atoms with Crippen molar-refractivity contribution < 1.29 is 19.0 Å². The number of methoxy groups -OCH3 is 2. The molecule has 0 aliphatic carbocycles. The van der Waals surface area contributed by atoms with E-state index in [4.69, 9.17) is 19.9 Å². The molecule has 1 amide bonds. The summed E-state index contributed by atoms with van der Waals surface area (Å²) in [6, 6.07) is 11.1. The summed E-state index contributed by atoms with van der Waals surface area (Å²) in [6.07, 6.45) is 0.978. The maximum atomic E-state index is 13.0. The van der Waals surface area contributed by atoms with Gasteiger partial charge in [-0.2, -0.15) is 0 Å². The number of carbonyl (C=O) groups excluding carboxylic acids is 1. The summed E-state index contributed by atoms with van der Waals surface area (Å²) in [5.74, 6) is 2.26. The zero-order chi connectivity index (χ0) is 21.0. The van der Waals surface area contributed by atoms with Crippen molar-refractivity contribution in [2.24, 2.45) is 5.73 Å². The summed E-state index contributed by atoms with van der Waals surface area (Å²) in [4.78, 5) is 17.0. The van der Waals surface area contributed by atoms with Crippen LogP contribution in [-0.2, 0) is 6.54 Å². The molecule has 9 heteroatoms. The van der Waals surface area contributed by atoms with Gasteiger partial charge in [-0.3, -0.25) is 4.79 Å². The summed E-state index contributed by atoms with van der Waals surface area (Å²) >= 11 is 0. The fraction of sp³-hybridized carbons (Fsp3) is 0.409. The molecule has 0 bridgehead atoms. The van der Waals surface area contributed by atoms with E-state index < -0.39 is 0 Å². The van der Waals surface area contributed by atoms with Crippen LogP contribution in [0.15, 0.2) is 36.4 Å². The number of hydrogen-bond donors (Lipinski definition) is 1.